The third-order valence-corrected chi connectivity index (χ3v) is 5.11. The quantitative estimate of drug-likeness (QED) is 0.713. The summed E-state index contributed by atoms with van der Waals surface area (Å²) >= 11 is 0. The van der Waals surface area contributed by atoms with Gasteiger partial charge in [0.25, 0.3) is 5.89 Å². The number of para-hydroxylation sites is 2. The van der Waals surface area contributed by atoms with Gasteiger partial charge < -0.3 is 19.0 Å². The van der Waals surface area contributed by atoms with Crippen LogP contribution in [0.5, 0.6) is 5.75 Å². The van der Waals surface area contributed by atoms with Crippen LogP contribution in [0.2, 0.25) is 0 Å². The van der Waals surface area contributed by atoms with Crippen molar-refractivity contribution in [3.05, 3.63) is 60.0 Å². The van der Waals surface area contributed by atoms with Gasteiger partial charge in [-0.1, -0.05) is 29.8 Å². The average molecular weight is 379 g/mol. The molecule has 1 saturated heterocycles. The lowest BCUT2D eigenvalue weighted by Gasteiger charge is -2.33. The first kappa shape index (κ1) is 18.5. The Balaban J connectivity index is 1.36. The molecule has 0 unspecified atom stereocenters. The monoisotopic (exact) mass is 379 g/mol. The van der Waals surface area contributed by atoms with Crippen molar-refractivity contribution in [2.75, 3.05) is 37.7 Å². The zero-order chi connectivity index (χ0) is 19.3. The number of piperazine rings is 1. The molecule has 1 aliphatic heterocycles. The minimum absolute atomic E-state index is 0.599. The van der Waals surface area contributed by atoms with Gasteiger partial charge in [-0.15, -0.1) is 10.2 Å². The van der Waals surface area contributed by atoms with Gasteiger partial charge in [0.2, 0.25) is 5.89 Å². The summed E-state index contributed by atoms with van der Waals surface area (Å²) in [7, 11) is 0. The minimum atomic E-state index is 0.599. The highest BCUT2D eigenvalue weighted by Gasteiger charge is 2.24. The second kappa shape index (κ2) is 8.44. The number of rotatable bonds is 6. The first-order valence-corrected chi connectivity index (χ1v) is 9.92. The maximum atomic E-state index is 5.91. The fourth-order valence-electron chi connectivity index (χ4n) is 3.67. The molecule has 1 fully saturated rings. The van der Waals surface area contributed by atoms with Crippen LogP contribution in [0, 0.1) is 6.92 Å². The number of hydrogen-bond acceptors (Lipinski definition) is 5. The molecular formula is C22H27N4O2+. The summed E-state index contributed by atoms with van der Waals surface area (Å²) in [5, 5.41) is 8.49. The number of anilines is 1. The Morgan fingerprint density at radius 1 is 1.07 bits per heavy atom. The topological polar surface area (TPSA) is 55.8 Å². The van der Waals surface area contributed by atoms with Crippen LogP contribution in [0.1, 0.15) is 18.4 Å². The van der Waals surface area contributed by atoms with Crippen LogP contribution in [0.3, 0.4) is 0 Å². The average Bonchev–Trinajstić information content (AvgIpc) is 3.18. The fraction of sp³-hybridized carbons (Fsp3) is 0.364. The molecule has 4 rings (SSSR count). The minimum Gasteiger partial charge on any atom is -0.492 e. The van der Waals surface area contributed by atoms with E-state index in [4.69, 9.17) is 9.15 Å². The third-order valence-electron chi connectivity index (χ3n) is 5.11. The Bertz CT molecular complexity index is 916. The molecule has 2 heterocycles. The Kier molecular flexibility index (Phi) is 5.58. The van der Waals surface area contributed by atoms with Gasteiger partial charge in [-0.05, 0) is 38.1 Å². The predicted molar refractivity (Wildman–Crippen MR) is 109 cm³/mol. The molecule has 1 aromatic heterocycles. The van der Waals surface area contributed by atoms with Crippen molar-refractivity contribution >= 4 is 5.69 Å². The summed E-state index contributed by atoms with van der Waals surface area (Å²) in [4.78, 5) is 3.87. The van der Waals surface area contributed by atoms with Crippen molar-refractivity contribution in [3.8, 4) is 17.2 Å². The van der Waals surface area contributed by atoms with Crippen molar-refractivity contribution in [2.24, 2.45) is 0 Å². The van der Waals surface area contributed by atoms with E-state index in [0.717, 1.165) is 44.0 Å². The van der Waals surface area contributed by atoms with Crippen LogP contribution in [0.25, 0.3) is 11.5 Å². The van der Waals surface area contributed by atoms with Crippen LogP contribution < -0.4 is 14.5 Å². The molecule has 0 aliphatic carbocycles. The molecule has 0 amide bonds. The molecule has 0 bridgehead atoms. The molecule has 1 aliphatic rings. The lowest BCUT2D eigenvalue weighted by Crippen LogP contribution is -3.13. The van der Waals surface area contributed by atoms with Crippen LogP contribution in [0.15, 0.2) is 52.9 Å². The number of nitrogens with one attached hydrogen (secondary N) is 1. The van der Waals surface area contributed by atoms with Crippen molar-refractivity contribution in [1.82, 2.24) is 10.2 Å². The largest absolute Gasteiger partial charge is 0.492 e. The third kappa shape index (κ3) is 4.17. The maximum absolute atomic E-state index is 5.91. The van der Waals surface area contributed by atoms with E-state index in [0.29, 0.717) is 18.4 Å². The summed E-state index contributed by atoms with van der Waals surface area (Å²) in [6, 6.07) is 16.4. The van der Waals surface area contributed by atoms with Gasteiger partial charge in [0, 0.05) is 5.56 Å². The zero-order valence-electron chi connectivity index (χ0n) is 16.5. The van der Waals surface area contributed by atoms with Gasteiger partial charge in [-0.25, -0.2) is 0 Å². The van der Waals surface area contributed by atoms with Crippen molar-refractivity contribution in [2.45, 2.75) is 20.4 Å². The molecule has 0 radical (unpaired) electrons. The lowest BCUT2D eigenvalue weighted by atomic mass is 10.1. The summed E-state index contributed by atoms with van der Waals surface area (Å²) < 4.78 is 11.7. The Hall–Kier alpha value is -2.86. The summed E-state index contributed by atoms with van der Waals surface area (Å²) in [6.07, 6.45) is 0. The first-order valence-electron chi connectivity index (χ1n) is 9.92. The molecule has 2 aromatic carbocycles. The lowest BCUT2D eigenvalue weighted by molar-refractivity contribution is -0.915. The number of aryl methyl sites for hydroxylation is 1. The number of hydrogen-bond donors (Lipinski definition) is 1. The summed E-state index contributed by atoms with van der Waals surface area (Å²) in [5.41, 5.74) is 3.35. The van der Waals surface area contributed by atoms with Crippen LogP contribution in [-0.4, -0.2) is 43.0 Å². The highest BCUT2D eigenvalue weighted by Crippen LogP contribution is 2.27. The number of ether oxygens (including phenoxy) is 1. The summed E-state index contributed by atoms with van der Waals surface area (Å²) in [6.45, 7) is 9.56. The zero-order valence-corrected chi connectivity index (χ0v) is 16.5. The van der Waals surface area contributed by atoms with Gasteiger partial charge in [0.15, 0.2) is 6.54 Å². The van der Waals surface area contributed by atoms with E-state index in [-0.39, 0.29) is 0 Å². The van der Waals surface area contributed by atoms with Crippen LogP contribution in [-0.2, 0) is 6.54 Å². The Labute approximate surface area is 165 Å². The Morgan fingerprint density at radius 2 is 1.89 bits per heavy atom. The molecule has 0 saturated carbocycles. The molecular weight excluding hydrogens is 352 g/mol. The highest BCUT2D eigenvalue weighted by molar-refractivity contribution is 5.58. The number of benzene rings is 2. The van der Waals surface area contributed by atoms with Gasteiger partial charge in [0.1, 0.15) is 5.75 Å². The molecule has 6 heteroatoms. The van der Waals surface area contributed by atoms with E-state index >= 15 is 0 Å². The van der Waals surface area contributed by atoms with Gasteiger partial charge in [-0.3, -0.25) is 0 Å². The van der Waals surface area contributed by atoms with Gasteiger partial charge >= 0.3 is 0 Å². The van der Waals surface area contributed by atoms with E-state index in [1.54, 1.807) is 0 Å². The smallest absolute Gasteiger partial charge is 0.271 e. The number of quaternary nitrogens is 1. The molecule has 3 aromatic rings. The predicted octanol–water partition coefficient (Wildman–Crippen LogP) is 2.35. The van der Waals surface area contributed by atoms with Crippen molar-refractivity contribution < 1.29 is 14.1 Å². The van der Waals surface area contributed by atoms with Crippen LogP contribution >= 0.6 is 0 Å². The summed E-state index contributed by atoms with van der Waals surface area (Å²) in [5.74, 6) is 2.27. The van der Waals surface area contributed by atoms with E-state index in [1.165, 1.54) is 16.2 Å². The Morgan fingerprint density at radius 3 is 2.68 bits per heavy atom. The number of aromatic nitrogens is 2. The number of nitrogens with zero attached hydrogens (tertiary/aromatic N) is 3. The van der Waals surface area contributed by atoms with E-state index in [9.17, 15) is 0 Å². The molecule has 6 nitrogen and oxygen atoms in total. The highest BCUT2D eigenvalue weighted by atomic mass is 16.5. The maximum Gasteiger partial charge on any atom is 0.271 e. The van der Waals surface area contributed by atoms with Gasteiger partial charge in [-0.2, -0.15) is 0 Å². The van der Waals surface area contributed by atoms with Crippen molar-refractivity contribution in [3.63, 3.8) is 0 Å². The second-order valence-corrected chi connectivity index (χ2v) is 7.18. The fourth-order valence-corrected chi connectivity index (χ4v) is 3.67. The van der Waals surface area contributed by atoms with E-state index < -0.39 is 0 Å². The van der Waals surface area contributed by atoms with E-state index in [1.807, 2.05) is 31.2 Å². The van der Waals surface area contributed by atoms with Gasteiger partial charge in [0.05, 0.1) is 38.5 Å². The second-order valence-electron chi connectivity index (χ2n) is 7.18. The molecule has 1 N–H and O–H groups in total. The molecule has 0 spiro atoms. The first-order chi connectivity index (χ1) is 13.7. The molecule has 28 heavy (non-hydrogen) atoms. The van der Waals surface area contributed by atoms with E-state index in [2.05, 4.69) is 46.3 Å². The van der Waals surface area contributed by atoms with Crippen LogP contribution in [0.4, 0.5) is 5.69 Å². The SMILES string of the molecule is CCOc1ccccc1N1CC[NH+](Cc2nnc(-c3cccc(C)c3)o2)CC1. The molecule has 0 atom stereocenters. The van der Waals surface area contributed by atoms with Crippen molar-refractivity contribution in [1.29, 1.82) is 0 Å². The molecule has 146 valence electrons. The standard InChI is InChI=1S/C22H26N4O2/c1-3-27-20-10-5-4-9-19(20)26-13-11-25(12-14-26)16-21-23-24-22(28-21)18-8-6-7-17(2)15-18/h4-10,15H,3,11-14,16H2,1-2H3/p+1. The normalized spacial score (nSPS) is 15.0.